The molecule has 3 heterocycles. The number of ether oxygens (including phenoxy) is 1. The number of nitrogens with one attached hydrogen (secondary N) is 2. The molecular weight excluding hydrogens is 490 g/mol. The molecule has 2 bridgehead atoms. The molecule has 0 radical (unpaired) electrons. The number of fused-ring (bicyclic) bond motifs is 1. The second kappa shape index (κ2) is 10.1. The summed E-state index contributed by atoms with van der Waals surface area (Å²) in [4.78, 5) is 44.1. The molecule has 2 saturated heterocycles. The van der Waals surface area contributed by atoms with Crippen LogP contribution in [0.25, 0.3) is 0 Å². The normalized spacial score (nSPS) is 41.0. The summed E-state index contributed by atoms with van der Waals surface area (Å²) in [6.45, 7) is 8.71. The highest BCUT2D eigenvalue weighted by Gasteiger charge is 2.73. The summed E-state index contributed by atoms with van der Waals surface area (Å²) in [5.41, 5.74) is 0.651. The van der Waals surface area contributed by atoms with E-state index in [1.54, 1.807) is 0 Å². The number of amides is 3. The van der Waals surface area contributed by atoms with Crippen LogP contribution in [-0.2, 0) is 19.1 Å². The molecule has 1 spiro atoms. The summed E-state index contributed by atoms with van der Waals surface area (Å²) in [5.74, 6) is -0.270. The van der Waals surface area contributed by atoms with Crippen LogP contribution in [0.5, 0.6) is 0 Å². The van der Waals surface area contributed by atoms with E-state index >= 15 is 0 Å². The Labute approximate surface area is 232 Å². The van der Waals surface area contributed by atoms with Crippen LogP contribution in [0.3, 0.4) is 0 Å². The molecule has 8 atom stereocenters. The van der Waals surface area contributed by atoms with Gasteiger partial charge < -0.3 is 20.3 Å². The van der Waals surface area contributed by atoms with Crippen LogP contribution < -0.4 is 10.6 Å². The Morgan fingerprint density at radius 2 is 1.79 bits per heavy atom. The average Bonchev–Trinajstić information content (AvgIpc) is 3.55. The van der Waals surface area contributed by atoms with Gasteiger partial charge in [-0.15, -0.1) is 0 Å². The standard InChI is InChI=1S/C32H43N3O4/c1-18-11-13-23(14-12-18)35-28(30(37)34-24-10-6-8-20(3)21(24)4)32-16-15-25(39-32)26(27(32)31(35)38)29(36)33-22-9-5-7-19(2)17-22/h5,7,9,15-18,20-21,23-28H,6,8,10-14H2,1-4H3,(H,33,36)(H,34,37). The van der Waals surface area contributed by atoms with E-state index < -0.39 is 29.6 Å². The van der Waals surface area contributed by atoms with Crippen LogP contribution in [-0.4, -0.2) is 52.5 Å². The molecule has 1 aromatic carbocycles. The number of hydrogen-bond acceptors (Lipinski definition) is 4. The molecule has 39 heavy (non-hydrogen) atoms. The highest BCUT2D eigenvalue weighted by atomic mass is 16.5. The predicted molar refractivity (Wildman–Crippen MR) is 150 cm³/mol. The Morgan fingerprint density at radius 3 is 2.54 bits per heavy atom. The van der Waals surface area contributed by atoms with Gasteiger partial charge in [-0.2, -0.15) is 0 Å². The molecule has 4 fully saturated rings. The third-order valence-electron chi connectivity index (χ3n) is 10.6. The quantitative estimate of drug-likeness (QED) is 0.542. The van der Waals surface area contributed by atoms with Crippen molar-refractivity contribution in [3.8, 4) is 0 Å². The highest BCUT2D eigenvalue weighted by molar-refractivity contribution is 6.03. The molecule has 210 valence electrons. The summed E-state index contributed by atoms with van der Waals surface area (Å²) in [6.07, 6.45) is 10.4. The largest absolute Gasteiger partial charge is 0.359 e. The molecule has 1 aromatic rings. The molecule has 7 heteroatoms. The first-order valence-electron chi connectivity index (χ1n) is 15.1. The van der Waals surface area contributed by atoms with Gasteiger partial charge in [0.15, 0.2) is 0 Å². The molecular formula is C32H43N3O4. The van der Waals surface area contributed by atoms with Gasteiger partial charge in [0.05, 0.1) is 17.9 Å². The van der Waals surface area contributed by atoms with E-state index in [-0.39, 0.29) is 29.8 Å². The Morgan fingerprint density at radius 1 is 1.03 bits per heavy atom. The van der Waals surface area contributed by atoms with Gasteiger partial charge in [0.2, 0.25) is 17.7 Å². The van der Waals surface area contributed by atoms with E-state index in [2.05, 4.69) is 31.4 Å². The number of likely N-dealkylation sites (tertiary alicyclic amines) is 1. The van der Waals surface area contributed by atoms with E-state index in [9.17, 15) is 14.4 Å². The number of carbonyl (C=O) groups is 3. The van der Waals surface area contributed by atoms with Gasteiger partial charge in [-0.3, -0.25) is 14.4 Å². The van der Waals surface area contributed by atoms with Crippen molar-refractivity contribution in [3.63, 3.8) is 0 Å². The fraction of sp³-hybridized carbons (Fsp3) is 0.656. The van der Waals surface area contributed by atoms with Crippen molar-refractivity contribution < 1.29 is 19.1 Å². The molecule has 5 aliphatic rings. The zero-order chi connectivity index (χ0) is 27.5. The number of benzene rings is 1. The first kappa shape index (κ1) is 26.5. The Hall–Kier alpha value is -2.67. The van der Waals surface area contributed by atoms with Gasteiger partial charge in [-0.25, -0.2) is 0 Å². The van der Waals surface area contributed by atoms with Crippen molar-refractivity contribution in [1.82, 2.24) is 10.2 Å². The molecule has 0 aromatic heterocycles. The fourth-order valence-electron chi connectivity index (χ4n) is 8.12. The van der Waals surface area contributed by atoms with Crippen LogP contribution in [0.4, 0.5) is 5.69 Å². The molecule has 7 nitrogen and oxygen atoms in total. The zero-order valence-electron chi connectivity index (χ0n) is 23.7. The molecule has 8 unspecified atom stereocenters. The fourth-order valence-corrected chi connectivity index (χ4v) is 8.12. The van der Waals surface area contributed by atoms with Gasteiger partial charge in [0.25, 0.3) is 0 Å². The Balaban J connectivity index is 1.32. The maximum absolute atomic E-state index is 14.3. The number of rotatable bonds is 5. The highest BCUT2D eigenvalue weighted by Crippen LogP contribution is 2.56. The average molecular weight is 534 g/mol. The molecule has 3 aliphatic heterocycles. The maximum atomic E-state index is 14.3. The van der Waals surface area contributed by atoms with Crippen molar-refractivity contribution in [1.29, 1.82) is 0 Å². The minimum atomic E-state index is -1.10. The number of hydrogen-bond donors (Lipinski definition) is 2. The van der Waals surface area contributed by atoms with Crippen LogP contribution in [0, 0.1) is 36.5 Å². The lowest BCUT2D eigenvalue weighted by molar-refractivity contribution is -0.145. The van der Waals surface area contributed by atoms with Crippen molar-refractivity contribution >= 4 is 23.4 Å². The molecule has 2 N–H and O–H groups in total. The van der Waals surface area contributed by atoms with Crippen LogP contribution in [0.15, 0.2) is 36.4 Å². The topological polar surface area (TPSA) is 87.7 Å². The molecule has 2 saturated carbocycles. The second-order valence-corrected chi connectivity index (χ2v) is 13.1. The van der Waals surface area contributed by atoms with Gasteiger partial charge in [0.1, 0.15) is 11.6 Å². The van der Waals surface area contributed by atoms with Crippen LogP contribution >= 0.6 is 0 Å². The number of anilines is 1. The molecule has 3 amide bonds. The smallest absolute Gasteiger partial charge is 0.246 e. The van der Waals surface area contributed by atoms with E-state index in [4.69, 9.17) is 4.74 Å². The van der Waals surface area contributed by atoms with Crippen LogP contribution in [0.1, 0.15) is 71.3 Å². The summed E-state index contributed by atoms with van der Waals surface area (Å²) < 4.78 is 6.57. The lowest BCUT2D eigenvalue weighted by Gasteiger charge is -2.41. The van der Waals surface area contributed by atoms with Gasteiger partial charge in [-0.05, 0) is 74.5 Å². The van der Waals surface area contributed by atoms with Crippen molar-refractivity contribution in [2.75, 3.05) is 5.32 Å². The summed E-state index contributed by atoms with van der Waals surface area (Å²) >= 11 is 0. The van der Waals surface area contributed by atoms with E-state index in [0.29, 0.717) is 23.4 Å². The summed E-state index contributed by atoms with van der Waals surface area (Å²) in [5, 5.41) is 6.41. The summed E-state index contributed by atoms with van der Waals surface area (Å²) in [6, 6.07) is 6.99. The monoisotopic (exact) mass is 533 g/mol. The van der Waals surface area contributed by atoms with Crippen molar-refractivity contribution in [2.24, 2.45) is 29.6 Å². The van der Waals surface area contributed by atoms with Gasteiger partial charge in [0, 0.05) is 17.8 Å². The molecule has 6 rings (SSSR count). The van der Waals surface area contributed by atoms with Gasteiger partial charge in [-0.1, -0.05) is 57.9 Å². The third kappa shape index (κ3) is 4.41. The molecule has 2 aliphatic carbocycles. The first-order valence-corrected chi connectivity index (χ1v) is 15.1. The van der Waals surface area contributed by atoms with E-state index in [0.717, 1.165) is 44.1 Å². The number of nitrogens with zero attached hydrogens (tertiary/aromatic N) is 1. The van der Waals surface area contributed by atoms with Gasteiger partial charge >= 0.3 is 0 Å². The van der Waals surface area contributed by atoms with E-state index in [1.165, 1.54) is 6.42 Å². The van der Waals surface area contributed by atoms with E-state index in [1.807, 2.05) is 48.2 Å². The Kier molecular flexibility index (Phi) is 6.85. The lowest BCUT2D eigenvalue weighted by atomic mass is 9.73. The minimum absolute atomic E-state index is 0.0105. The Bertz CT molecular complexity index is 1170. The van der Waals surface area contributed by atoms with Crippen molar-refractivity contribution in [2.45, 2.75) is 102 Å². The van der Waals surface area contributed by atoms with Crippen LogP contribution in [0.2, 0.25) is 0 Å². The minimum Gasteiger partial charge on any atom is -0.359 e. The summed E-state index contributed by atoms with van der Waals surface area (Å²) in [7, 11) is 0. The lowest BCUT2D eigenvalue weighted by Crippen LogP contribution is -2.59. The predicted octanol–water partition coefficient (Wildman–Crippen LogP) is 4.60. The second-order valence-electron chi connectivity index (χ2n) is 13.1. The number of carbonyl (C=O) groups excluding carboxylic acids is 3. The zero-order valence-corrected chi connectivity index (χ0v) is 23.7. The first-order chi connectivity index (χ1) is 18.7. The SMILES string of the molecule is Cc1cccc(NC(=O)C2C3C=CC4(O3)C2C(=O)N(C2CCC(C)CC2)C4C(=O)NC2CCCC(C)C2C)c1. The third-order valence-corrected chi connectivity index (χ3v) is 10.6. The number of aryl methyl sites for hydroxylation is 1. The maximum Gasteiger partial charge on any atom is 0.246 e. The van der Waals surface area contributed by atoms with Crippen molar-refractivity contribution in [3.05, 3.63) is 42.0 Å².